The highest BCUT2D eigenvalue weighted by atomic mass is 32.2. The smallest absolute Gasteiger partial charge is 0.227 e. The number of aromatic nitrogens is 2. The number of nitrogens with two attached hydrogens (primary N) is 1. The van der Waals surface area contributed by atoms with Crippen LogP contribution in [0.1, 0.15) is 0 Å². The van der Waals surface area contributed by atoms with E-state index < -0.39 is 9.84 Å². The minimum Gasteiger partial charge on any atom is -0.329 e. The summed E-state index contributed by atoms with van der Waals surface area (Å²) in [6, 6.07) is 0. The van der Waals surface area contributed by atoms with Gasteiger partial charge in [0.05, 0.1) is 5.75 Å². The number of sulfone groups is 1. The molecule has 1 aromatic heterocycles. The maximum atomic E-state index is 11.4. The predicted molar refractivity (Wildman–Crippen MR) is 44.3 cm³/mol. The van der Waals surface area contributed by atoms with Crippen molar-refractivity contribution in [2.45, 2.75) is 5.16 Å². The summed E-state index contributed by atoms with van der Waals surface area (Å²) >= 11 is 0. The molecule has 0 aliphatic heterocycles. The van der Waals surface area contributed by atoms with E-state index in [1.165, 1.54) is 10.8 Å². The maximum Gasteiger partial charge on any atom is 0.227 e. The van der Waals surface area contributed by atoms with Crippen molar-refractivity contribution in [1.29, 1.82) is 0 Å². The lowest BCUT2D eigenvalue weighted by atomic mass is 10.8. The average Bonchev–Trinajstić information content (AvgIpc) is 2.35. The summed E-state index contributed by atoms with van der Waals surface area (Å²) in [4.78, 5) is 3.73. The van der Waals surface area contributed by atoms with Gasteiger partial charge in [-0.3, -0.25) is 0 Å². The lowest BCUT2D eigenvalue weighted by Crippen LogP contribution is -2.18. The second-order valence-electron chi connectivity index (χ2n) is 2.43. The molecule has 0 fully saturated rings. The minimum atomic E-state index is -3.27. The van der Waals surface area contributed by atoms with Crippen LogP contribution in [0.4, 0.5) is 0 Å². The molecule has 5 nitrogen and oxygen atoms in total. The van der Waals surface area contributed by atoms with Crippen molar-refractivity contribution >= 4 is 9.84 Å². The Hall–Kier alpha value is -0.880. The molecule has 1 aromatic rings. The van der Waals surface area contributed by atoms with Gasteiger partial charge in [-0.05, 0) is 0 Å². The van der Waals surface area contributed by atoms with E-state index in [0.717, 1.165) is 0 Å². The molecule has 1 heterocycles. The molecule has 2 N–H and O–H groups in total. The van der Waals surface area contributed by atoms with Crippen molar-refractivity contribution in [1.82, 2.24) is 9.55 Å². The molecule has 0 bridgehead atoms. The Balaban J connectivity index is 3.06. The van der Waals surface area contributed by atoms with Crippen LogP contribution >= 0.6 is 0 Å². The van der Waals surface area contributed by atoms with E-state index in [0.29, 0.717) is 0 Å². The highest BCUT2D eigenvalue weighted by Crippen LogP contribution is 2.05. The van der Waals surface area contributed by atoms with Gasteiger partial charge in [0.2, 0.25) is 15.0 Å². The maximum absolute atomic E-state index is 11.4. The van der Waals surface area contributed by atoms with Crippen LogP contribution in [0.2, 0.25) is 0 Å². The van der Waals surface area contributed by atoms with E-state index in [2.05, 4.69) is 4.98 Å². The van der Waals surface area contributed by atoms with Crippen LogP contribution in [0.5, 0.6) is 0 Å². The van der Waals surface area contributed by atoms with Gasteiger partial charge < -0.3 is 10.3 Å². The third-order valence-electron chi connectivity index (χ3n) is 1.44. The van der Waals surface area contributed by atoms with Crippen molar-refractivity contribution < 1.29 is 8.42 Å². The molecule has 12 heavy (non-hydrogen) atoms. The summed E-state index contributed by atoms with van der Waals surface area (Å²) in [5, 5.41) is 0.0768. The third kappa shape index (κ3) is 1.64. The lowest BCUT2D eigenvalue weighted by molar-refractivity contribution is 0.579. The molecule has 0 aromatic carbocycles. The lowest BCUT2D eigenvalue weighted by Gasteiger charge is -2.00. The standard InChI is InChI=1S/C6H11N3O2S/c1-9-4-3-8-6(9)12(10,11)5-2-7/h3-4H,2,5,7H2,1H3. The van der Waals surface area contributed by atoms with Gasteiger partial charge in [0, 0.05) is 26.0 Å². The largest absolute Gasteiger partial charge is 0.329 e. The minimum absolute atomic E-state index is 0.0577. The Bertz CT molecular complexity index is 355. The Labute approximate surface area is 71.1 Å². The number of aryl methyl sites for hydroxylation is 1. The topological polar surface area (TPSA) is 78.0 Å². The first-order valence-electron chi connectivity index (χ1n) is 3.48. The van der Waals surface area contributed by atoms with Gasteiger partial charge in [0.25, 0.3) is 0 Å². The van der Waals surface area contributed by atoms with E-state index >= 15 is 0 Å². The zero-order valence-electron chi connectivity index (χ0n) is 6.77. The van der Waals surface area contributed by atoms with Crippen LogP contribution in [0.15, 0.2) is 17.6 Å². The van der Waals surface area contributed by atoms with Crippen LogP contribution in [-0.2, 0) is 16.9 Å². The predicted octanol–water partition coefficient (Wildman–Crippen LogP) is -0.847. The molecular weight excluding hydrogens is 178 g/mol. The molecule has 0 aliphatic rings. The highest BCUT2D eigenvalue weighted by molar-refractivity contribution is 7.91. The normalized spacial score (nSPS) is 11.8. The average molecular weight is 189 g/mol. The molecule has 0 amide bonds. The zero-order valence-corrected chi connectivity index (χ0v) is 7.58. The van der Waals surface area contributed by atoms with Crippen molar-refractivity contribution in [2.75, 3.05) is 12.3 Å². The molecule has 0 aliphatic carbocycles. The fourth-order valence-corrected chi connectivity index (χ4v) is 2.11. The molecule has 1 rings (SSSR count). The second-order valence-corrected chi connectivity index (χ2v) is 4.43. The molecule has 0 atom stereocenters. The number of rotatable bonds is 3. The summed E-state index contributed by atoms with van der Waals surface area (Å²) in [6.07, 6.45) is 3.03. The first-order chi connectivity index (χ1) is 5.58. The monoisotopic (exact) mass is 189 g/mol. The fourth-order valence-electron chi connectivity index (χ4n) is 0.898. The van der Waals surface area contributed by atoms with Gasteiger partial charge in [-0.2, -0.15) is 0 Å². The van der Waals surface area contributed by atoms with Crippen LogP contribution in [0.25, 0.3) is 0 Å². The Morgan fingerprint density at radius 1 is 1.67 bits per heavy atom. The fraction of sp³-hybridized carbons (Fsp3) is 0.500. The molecular formula is C6H11N3O2S. The number of hydrogen-bond donors (Lipinski definition) is 1. The van der Waals surface area contributed by atoms with E-state index in [-0.39, 0.29) is 17.5 Å². The molecule has 0 saturated carbocycles. The summed E-state index contributed by atoms with van der Waals surface area (Å²) in [5.74, 6) is -0.0577. The van der Waals surface area contributed by atoms with Gasteiger partial charge >= 0.3 is 0 Å². The van der Waals surface area contributed by atoms with Gasteiger partial charge in [-0.25, -0.2) is 13.4 Å². The van der Waals surface area contributed by atoms with Crippen LogP contribution < -0.4 is 5.73 Å². The molecule has 0 saturated heterocycles. The summed E-state index contributed by atoms with van der Waals surface area (Å²) < 4.78 is 24.2. The molecule has 0 radical (unpaired) electrons. The van der Waals surface area contributed by atoms with Gasteiger partial charge in [0.1, 0.15) is 0 Å². The summed E-state index contributed by atoms with van der Waals surface area (Å²) in [5.41, 5.74) is 5.15. The summed E-state index contributed by atoms with van der Waals surface area (Å²) in [7, 11) is -1.64. The van der Waals surface area contributed by atoms with Gasteiger partial charge in [-0.1, -0.05) is 0 Å². The molecule has 0 unspecified atom stereocenters. The van der Waals surface area contributed by atoms with Crippen molar-refractivity contribution in [3.8, 4) is 0 Å². The van der Waals surface area contributed by atoms with Crippen LogP contribution in [0, 0.1) is 0 Å². The van der Waals surface area contributed by atoms with Crippen LogP contribution in [-0.4, -0.2) is 30.3 Å². The quantitative estimate of drug-likeness (QED) is 0.672. The Morgan fingerprint density at radius 3 is 2.75 bits per heavy atom. The van der Waals surface area contributed by atoms with Gasteiger partial charge in [-0.15, -0.1) is 0 Å². The van der Waals surface area contributed by atoms with Crippen molar-refractivity contribution in [2.24, 2.45) is 12.8 Å². The first kappa shape index (κ1) is 9.21. The number of hydrogen-bond acceptors (Lipinski definition) is 4. The van der Waals surface area contributed by atoms with E-state index in [4.69, 9.17) is 5.73 Å². The molecule has 68 valence electrons. The SMILES string of the molecule is Cn1ccnc1S(=O)(=O)CCN. The number of nitrogens with zero attached hydrogens (tertiary/aromatic N) is 2. The first-order valence-corrected chi connectivity index (χ1v) is 5.13. The third-order valence-corrected chi connectivity index (χ3v) is 3.16. The van der Waals surface area contributed by atoms with Crippen molar-refractivity contribution in [3.63, 3.8) is 0 Å². The second kappa shape index (κ2) is 3.24. The summed E-state index contributed by atoms with van der Waals surface area (Å²) in [6.45, 7) is 0.120. The van der Waals surface area contributed by atoms with Crippen LogP contribution in [0.3, 0.4) is 0 Å². The van der Waals surface area contributed by atoms with E-state index in [1.54, 1.807) is 13.2 Å². The van der Waals surface area contributed by atoms with E-state index in [9.17, 15) is 8.42 Å². The molecule has 6 heteroatoms. The van der Waals surface area contributed by atoms with E-state index in [1.807, 2.05) is 0 Å². The van der Waals surface area contributed by atoms with Gasteiger partial charge in [0.15, 0.2) is 0 Å². The zero-order chi connectivity index (χ0) is 9.19. The Morgan fingerprint density at radius 2 is 2.33 bits per heavy atom. The highest BCUT2D eigenvalue weighted by Gasteiger charge is 2.17. The van der Waals surface area contributed by atoms with Crippen molar-refractivity contribution in [3.05, 3.63) is 12.4 Å². The Kier molecular flexibility index (Phi) is 2.49. The number of imidazole rings is 1. The molecule has 0 spiro atoms.